The van der Waals surface area contributed by atoms with E-state index in [4.69, 9.17) is 11.5 Å². The summed E-state index contributed by atoms with van der Waals surface area (Å²) in [5.74, 6) is 0.203. The lowest BCUT2D eigenvalue weighted by molar-refractivity contribution is -0.355. The number of fused-ring (bicyclic) bond motifs is 1. The molecule has 0 bridgehead atoms. The Hall–Kier alpha value is -2.41. The molecule has 1 aliphatic rings. The van der Waals surface area contributed by atoms with Crippen LogP contribution in [0.15, 0.2) is 23.6 Å². The molecule has 1 amide bonds. The van der Waals surface area contributed by atoms with E-state index in [-0.39, 0.29) is 17.9 Å². The first kappa shape index (κ1) is 14.5. The molecule has 0 saturated carbocycles. The Labute approximate surface area is 132 Å². The Balaban J connectivity index is 1.95. The summed E-state index contributed by atoms with van der Waals surface area (Å²) >= 11 is 1.44. The number of carbonyl (C=O) groups is 1. The first-order chi connectivity index (χ1) is 10.5. The average Bonchev–Trinajstić information content (AvgIpc) is 3.00. The van der Waals surface area contributed by atoms with Crippen molar-refractivity contribution in [1.29, 1.82) is 0 Å². The summed E-state index contributed by atoms with van der Waals surface area (Å²) in [6, 6.07) is 6.28. The average molecular weight is 316 g/mol. The van der Waals surface area contributed by atoms with Gasteiger partial charge in [0.2, 0.25) is 5.91 Å². The third-order valence-electron chi connectivity index (χ3n) is 3.69. The molecule has 0 fully saturated rings. The van der Waals surface area contributed by atoms with Gasteiger partial charge in [-0.25, -0.2) is 4.99 Å². The molecule has 0 unspecified atom stereocenters. The van der Waals surface area contributed by atoms with E-state index in [0.29, 0.717) is 5.13 Å². The molecule has 0 aliphatic carbocycles. The predicted octanol–water partition coefficient (Wildman–Crippen LogP) is 0.0931. The van der Waals surface area contributed by atoms with E-state index in [9.17, 15) is 4.79 Å². The van der Waals surface area contributed by atoms with Crippen molar-refractivity contribution in [2.45, 2.75) is 26.3 Å². The largest absolute Gasteiger partial charge is 0.311 e. The fourth-order valence-electron chi connectivity index (χ4n) is 2.86. The zero-order valence-corrected chi connectivity index (χ0v) is 13.3. The van der Waals surface area contributed by atoms with Crippen molar-refractivity contribution >= 4 is 34.0 Å². The van der Waals surface area contributed by atoms with Crippen LogP contribution in [0.2, 0.25) is 0 Å². The SMILES string of the molecule is CC(=O)N1c2ccc(-c3csc([NH+]=C(N)N)n3)cc2C[C@H]1C. The summed E-state index contributed by atoms with van der Waals surface area (Å²) < 4.78 is 0. The zero-order valence-electron chi connectivity index (χ0n) is 12.5. The molecule has 114 valence electrons. The maximum atomic E-state index is 11.8. The quantitative estimate of drug-likeness (QED) is 0.540. The molecule has 1 atom stereocenters. The van der Waals surface area contributed by atoms with Gasteiger partial charge in [0.25, 0.3) is 5.13 Å². The standard InChI is InChI=1S/C15H17N5OS/c1-8-5-11-6-10(3-4-13(11)20(8)9(2)21)12-7-22-15(18-12)19-14(16)17/h3-4,6-8H,5H2,1-2H3,(H4,16,17,18,19)/p+1/t8-/m1/s1. The van der Waals surface area contributed by atoms with Crippen LogP contribution in [0.3, 0.4) is 0 Å². The van der Waals surface area contributed by atoms with Gasteiger partial charge in [-0.3, -0.25) is 4.79 Å². The number of nitrogens with one attached hydrogen (secondary N) is 1. The fraction of sp³-hybridized carbons (Fsp3) is 0.267. The number of amides is 1. The van der Waals surface area contributed by atoms with Gasteiger partial charge in [0.05, 0.1) is 0 Å². The van der Waals surface area contributed by atoms with Crippen LogP contribution in [0.25, 0.3) is 11.3 Å². The number of nitrogens with zero attached hydrogens (tertiary/aromatic N) is 2. The lowest BCUT2D eigenvalue weighted by Gasteiger charge is -2.20. The summed E-state index contributed by atoms with van der Waals surface area (Å²) in [7, 11) is 0. The van der Waals surface area contributed by atoms with Gasteiger partial charge in [-0.15, -0.1) is 4.98 Å². The summed E-state index contributed by atoms with van der Waals surface area (Å²) in [5.41, 5.74) is 14.9. The van der Waals surface area contributed by atoms with Gasteiger partial charge < -0.3 is 16.4 Å². The molecule has 7 heteroatoms. The second-order valence-electron chi connectivity index (χ2n) is 5.40. The lowest BCUT2D eigenvalue weighted by Crippen LogP contribution is -2.72. The number of anilines is 1. The highest BCUT2D eigenvalue weighted by Crippen LogP contribution is 2.35. The van der Waals surface area contributed by atoms with Crippen LogP contribution >= 0.6 is 11.3 Å². The molecular formula is C15H18N5OS+. The van der Waals surface area contributed by atoms with Crippen molar-refractivity contribution < 1.29 is 9.79 Å². The number of nitrogens with two attached hydrogens (primary N) is 2. The van der Waals surface area contributed by atoms with E-state index in [1.54, 1.807) is 6.92 Å². The van der Waals surface area contributed by atoms with Crippen LogP contribution in [0.4, 0.5) is 10.8 Å². The number of aromatic nitrogens is 1. The second-order valence-corrected chi connectivity index (χ2v) is 6.26. The van der Waals surface area contributed by atoms with Crippen LogP contribution in [0, 0.1) is 0 Å². The summed E-state index contributed by atoms with van der Waals surface area (Å²) in [4.78, 5) is 20.9. The molecule has 0 saturated heterocycles. The number of carbonyl (C=O) groups excluding carboxylic acids is 1. The molecule has 1 aromatic carbocycles. The Morgan fingerprint density at radius 3 is 2.91 bits per heavy atom. The molecular weight excluding hydrogens is 298 g/mol. The summed E-state index contributed by atoms with van der Waals surface area (Å²) in [6.45, 7) is 3.66. The van der Waals surface area contributed by atoms with Crippen LogP contribution < -0.4 is 21.4 Å². The smallest absolute Gasteiger partial charge is 0.303 e. The number of benzene rings is 1. The van der Waals surface area contributed by atoms with Crippen molar-refractivity contribution in [1.82, 2.24) is 4.98 Å². The van der Waals surface area contributed by atoms with Crippen LogP contribution in [-0.4, -0.2) is 22.9 Å². The molecule has 2 heterocycles. The summed E-state index contributed by atoms with van der Waals surface area (Å²) in [6.07, 6.45) is 0.863. The molecule has 6 nitrogen and oxygen atoms in total. The van der Waals surface area contributed by atoms with E-state index in [1.165, 1.54) is 16.9 Å². The van der Waals surface area contributed by atoms with Crippen LogP contribution in [0.5, 0.6) is 0 Å². The minimum absolute atomic E-state index is 0.0769. The summed E-state index contributed by atoms with van der Waals surface area (Å²) in [5, 5.41) is 2.61. The normalized spacial score (nSPS) is 16.5. The van der Waals surface area contributed by atoms with Crippen LogP contribution in [0.1, 0.15) is 19.4 Å². The molecule has 3 rings (SSSR count). The van der Waals surface area contributed by atoms with Gasteiger partial charge in [0.15, 0.2) is 0 Å². The Morgan fingerprint density at radius 1 is 1.45 bits per heavy atom. The molecule has 22 heavy (non-hydrogen) atoms. The van der Waals surface area contributed by atoms with Gasteiger partial charge >= 0.3 is 5.96 Å². The lowest BCUT2D eigenvalue weighted by atomic mass is 10.1. The molecule has 1 aliphatic heterocycles. The topological polar surface area (TPSA) is 99.2 Å². The maximum Gasteiger partial charge on any atom is 0.303 e. The third kappa shape index (κ3) is 2.55. The molecule has 2 aromatic rings. The number of rotatable bonds is 2. The van der Waals surface area contributed by atoms with Crippen molar-refractivity contribution in [3.63, 3.8) is 0 Å². The van der Waals surface area contributed by atoms with Gasteiger partial charge in [-0.2, -0.15) is 0 Å². The first-order valence-corrected chi connectivity index (χ1v) is 7.87. The van der Waals surface area contributed by atoms with Gasteiger partial charge in [-0.05, 0) is 37.1 Å². The van der Waals surface area contributed by atoms with Crippen molar-refractivity contribution in [2.24, 2.45) is 11.5 Å². The highest BCUT2D eigenvalue weighted by Gasteiger charge is 2.29. The second kappa shape index (κ2) is 5.42. The highest BCUT2D eigenvalue weighted by atomic mass is 32.1. The highest BCUT2D eigenvalue weighted by molar-refractivity contribution is 7.13. The number of hydrogen-bond donors (Lipinski definition) is 3. The van der Waals surface area contributed by atoms with Gasteiger partial charge in [-0.1, -0.05) is 11.3 Å². The molecule has 0 spiro atoms. The maximum absolute atomic E-state index is 11.8. The molecule has 5 N–H and O–H groups in total. The van der Waals surface area contributed by atoms with Crippen molar-refractivity contribution in [3.8, 4) is 11.3 Å². The third-order valence-corrected chi connectivity index (χ3v) is 4.44. The number of guanidine groups is 1. The zero-order chi connectivity index (χ0) is 15.9. The van der Waals surface area contributed by atoms with Gasteiger partial charge in [0.1, 0.15) is 5.69 Å². The number of thiazole rings is 1. The van der Waals surface area contributed by atoms with Crippen molar-refractivity contribution in [3.05, 3.63) is 29.1 Å². The molecule has 1 aromatic heterocycles. The predicted molar refractivity (Wildman–Crippen MR) is 87.9 cm³/mol. The van der Waals surface area contributed by atoms with Crippen molar-refractivity contribution in [2.75, 3.05) is 4.90 Å². The Kier molecular flexibility index (Phi) is 3.58. The first-order valence-electron chi connectivity index (χ1n) is 6.99. The van der Waals surface area contributed by atoms with E-state index in [1.807, 2.05) is 22.4 Å². The fourth-order valence-corrected chi connectivity index (χ4v) is 3.60. The van der Waals surface area contributed by atoms with Crippen LogP contribution in [-0.2, 0) is 11.2 Å². The number of hydrogen-bond acceptors (Lipinski definition) is 3. The Bertz CT molecular complexity index is 763. The van der Waals surface area contributed by atoms with Gasteiger partial charge in [0, 0.05) is 29.6 Å². The monoisotopic (exact) mass is 316 g/mol. The van der Waals surface area contributed by atoms with E-state index >= 15 is 0 Å². The minimum atomic E-state index is 0.0769. The van der Waals surface area contributed by atoms with E-state index in [0.717, 1.165) is 23.4 Å². The van der Waals surface area contributed by atoms with E-state index < -0.39 is 0 Å². The van der Waals surface area contributed by atoms with E-state index in [2.05, 4.69) is 23.0 Å². The minimum Gasteiger partial charge on any atom is -0.311 e. The molecule has 0 radical (unpaired) electrons. The Morgan fingerprint density at radius 2 is 2.23 bits per heavy atom.